The van der Waals surface area contributed by atoms with Crippen molar-refractivity contribution in [3.8, 4) is 0 Å². The maximum Gasteiger partial charge on any atom is 0.493 e. The van der Waals surface area contributed by atoms with Gasteiger partial charge in [-0.15, -0.1) is 0 Å². The van der Waals surface area contributed by atoms with E-state index in [-0.39, 0.29) is 24.8 Å². The van der Waals surface area contributed by atoms with Gasteiger partial charge in [-0.3, -0.25) is 0 Å². The van der Waals surface area contributed by atoms with E-state index in [1.165, 1.54) is 6.42 Å². The molecule has 23 heavy (non-hydrogen) atoms. The summed E-state index contributed by atoms with van der Waals surface area (Å²) in [4.78, 5) is 0. The lowest BCUT2D eigenvalue weighted by atomic mass is 9.43. The number of hydrogen-bond donors (Lipinski definition) is 0. The van der Waals surface area contributed by atoms with Crippen LogP contribution in [0.2, 0.25) is 0 Å². The number of rotatable bonds is 4. The third-order valence-corrected chi connectivity index (χ3v) is 6.69. The van der Waals surface area contributed by atoms with E-state index in [1.54, 1.807) is 0 Å². The Labute approximate surface area is 139 Å². The minimum absolute atomic E-state index is 0.149. The van der Waals surface area contributed by atoms with Crippen LogP contribution in [0, 0.1) is 17.3 Å². The maximum absolute atomic E-state index is 6.56. The van der Waals surface area contributed by atoms with Crippen molar-refractivity contribution in [2.75, 3.05) is 6.61 Å². The molecule has 3 aliphatic carbocycles. The van der Waals surface area contributed by atoms with Crippen molar-refractivity contribution in [2.24, 2.45) is 17.3 Å². The van der Waals surface area contributed by atoms with Crippen LogP contribution in [0.15, 0.2) is 30.3 Å². The molecular formula is C19H27BO3. The van der Waals surface area contributed by atoms with Crippen LogP contribution in [-0.4, -0.2) is 25.4 Å². The van der Waals surface area contributed by atoms with E-state index in [1.807, 2.05) is 25.1 Å². The van der Waals surface area contributed by atoms with E-state index in [4.69, 9.17) is 14.0 Å². The Morgan fingerprint density at radius 2 is 1.96 bits per heavy atom. The number of ether oxygens (including phenoxy) is 1. The zero-order chi connectivity index (χ0) is 16.2. The van der Waals surface area contributed by atoms with Crippen LogP contribution in [0.4, 0.5) is 0 Å². The normalized spacial score (nSPS) is 38.8. The summed E-state index contributed by atoms with van der Waals surface area (Å²) in [7, 11) is -0.303. The fourth-order valence-corrected chi connectivity index (χ4v) is 5.18. The van der Waals surface area contributed by atoms with Gasteiger partial charge in [0.15, 0.2) is 0 Å². The van der Waals surface area contributed by atoms with Gasteiger partial charge in [-0.2, -0.15) is 0 Å². The van der Waals surface area contributed by atoms with E-state index in [0.717, 1.165) is 17.9 Å². The third-order valence-electron chi connectivity index (χ3n) is 6.69. The predicted molar refractivity (Wildman–Crippen MR) is 90.9 cm³/mol. The Bertz CT molecular complexity index is 575. The van der Waals surface area contributed by atoms with Gasteiger partial charge in [0.25, 0.3) is 0 Å². The van der Waals surface area contributed by atoms with E-state index < -0.39 is 0 Å². The SMILES string of the molecule is CCO[C@@H](B1OC2C[C@@H]3C[C@@H](C3(C)C)[C@]2(C)O1)c1ccccc1. The van der Waals surface area contributed by atoms with Gasteiger partial charge in [0.2, 0.25) is 0 Å². The minimum atomic E-state index is -0.303. The summed E-state index contributed by atoms with van der Waals surface area (Å²) in [6, 6.07) is 10.2. The van der Waals surface area contributed by atoms with Crippen molar-refractivity contribution >= 4 is 7.12 Å². The van der Waals surface area contributed by atoms with Gasteiger partial charge in [0.1, 0.15) is 6.00 Å². The summed E-state index contributed by atoms with van der Waals surface area (Å²) in [5.74, 6) is 1.36. The molecule has 1 aromatic rings. The highest BCUT2D eigenvalue weighted by Gasteiger charge is 2.68. The van der Waals surface area contributed by atoms with Gasteiger partial charge in [0, 0.05) is 6.61 Å². The van der Waals surface area contributed by atoms with Gasteiger partial charge in [-0.05, 0) is 49.5 Å². The van der Waals surface area contributed by atoms with E-state index in [9.17, 15) is 0 Å². The van der Waals surface area contributed by atoms with Gasteiger partial charge < -0.3 is 14.0 Å². The summed E-state index contributed by atoms with van der Waals surface area (Å²) in [6.45, 7) is 9.72. The topological polar surface area (TPSA) is 27.7 Å². The summed E-state index contributed by atoms with van der Waals surface area (Å²) in [5, 5.41) is 0. The van der Waals surface area contributed by atoms with Crippen LogP contribution in [0.3, 0.4) is 0 Å². The third kappa shape index (κ3) is 2.22. The van der Waals surface area contributed by atoms with Crippen molar-refractivity contribution < 1.29 is 14.0 Å². The minimum Gasteiger partial charge on any atom is -0.403 e. The molecule has 0 radical (unpaired) electrons. The first-order valence-electron chi connectivity index (χ1n) is 8.96. The van der Waals surface area contributed by atoms with Crippen LogP contribution in [0.1, 0.15) is 52.1 Å². The van der Waals surface area contributed by atoms with E-state index >= 15 is 0 Å². The fourth-order valence-electron chi connectivity index (χ4n) is 5.18. The molecule has 5 rings (SSSR count). The van der Waals surface area contributed by atoms with Crippen LogP contribution in [0.25, 0.3) is 0 Å². The zero-order valence-corrected chi connectivity index (χ0v) is 14.6. The number of hydrogen-bond acceptors (Lipinski definition) is 3. The molecule has 1 saturated heterocycles. The summed E-state index contributed by atoms with van der Waals surface area (Å²) < 4.78 is 19.0. The summed E-state index contributed by atoms with van der Waals surface area (Å²) in [5.41, 5.74) is 1.33. The standard InChI is InChI=1S/C19H27BO3/c1-5-21-17(13-9-7-6-8-10-13)20-22-16-12-14-11-15(18(14,2)3)19(16,4)23-20/h6-10,14-17H,5,11-12H2,1-4H3/t14-,15-,16?,17+,19-/m0/s1. The molecule has 2 bridgehead atoms. The first kappa shape index (κ1) is 15.7. The van der Waals surface area contributed by atoms with Gasteiger partial charge in [0.05, 0.1) is 11.7 Å². The molecule has 4 heteroatoms. The van der Waals surface area contributed by atoms with Gasteiger partial charge in [-0.1, -0.05) is 44.2 Å². The predicted octanol–water partition coefficient (Wildman–Crippen LogP) is 4.03. The molecule has 124 valence electrons. The Morgan fingerprint density at radius 3 is 2.61 bits per heavy atom. The lowest BCUT2D eigenvalue weighted by Crippen LogP contribution is -2.65. The second-order valence-corrected chi connectivity index (χ2v) is 8.12. The van der Waals surface area contributed by atoms with Crippen molar-refractivity contribution in [1.82, 2.24) is 0 Å². The smallest absolute Gasteiger partial charge is 0.403 e. The molecule has 1 heterocycles. The van der Waals surface area contributed by atoms with Crippen LogP contribution in [-0.2, 0) is 14.0 Å². The molecule has 4 fully saturated rings. The summed E-state index contributed by atoms with van der Waals surface area (Å²) >= 11 is 0. The van der Waals surface area contributed by atoms with Crippen LogP contribution < -0.4 is 0 Å². The molecule has 0 N–H and O–H groups in total. The lowest BCUT2D eigenvalue weighted by Gasteiger charge is -2.64. The molecule has 0 aromatic heterocycles. The summed E-state index contributed by atoms with van der Waals surface area (Å²) in [6.07, 6.45) is 2.60. The molecule has 0 spiro atoms. The first-order valence-corrected chi connectivity index (χ1v) is 8.96. The van der Waals surface area contributed by atoms with Crippen molar-refractivity contribution in [3.05, 3.63) is 35.9 Å². The molecular weight excluding hydrogens is 287 g/mol. The van der Waals surface area contributed by atoms with Crippen molar-refractivity contribution in [3.63, 3.8) is 0 Å². The van der Waals surface area contributed by atoms with Gasteiger partial charge in [-0.25, -0.2) is 0 Å². The molecule has 4 aliphatic rings. The average molecular weight is 314 g/mol. The average Bonchev–Trinajstić information content (AvgIpc) is 2.89. The second-order valence-electron chi connectivity index (χ2n) is 8.12. The molecule has 1 aliphatic heterocycles. The lowest BCUT2D eigenvalue weighted by molar-refractivity contribution is -0.199. The van der Waals surface area contributed by atoms with Crippen molar-refractivity contribution in [2.45, 2.75) is 58.2 Å². The quantitative estimate of drug-likeness (QED) is 0.785. The van der Waals surface area contributed by atoms with Crippen LogP contribution >= 0.6 is 0 Å². The highest BCUT2D eigenvalue weighted by molar-refractivity contribution is 6.47. The van der Waals surface area contributed by atoms with E-state index in [0.29, 0.717) is 17.9 Å². The van der Waals surface area contributed by atoms with E-state index in [2.05, 4.69) is 32.9 Å². The molecule has 1 aromatic carbocycles. The van der Waals surface area contributed by atoms with Gasteiger partial charge >= 0.3 is 7.12 Å². The number of benzene rings is 1. The highest BCUT2D eigenvalue weighted by atomic mass is 16.7. The second kappa shape index (κ2) is 5.33. The fraction of sp³-hybridized carbons (Fsp3) is 0.684. The Kier molecular flexibility index (Phi) is 3.64. The molecule has 1 unspecified atom stereocenters. The molecule has 3 saturated carbocycles. The van der Waals surface area contributed by atoms with Crippen molar-refractivity contribution in [1.29, 1.82) is 0 Å². The monoisotopic (exact) mass is 314 g/mol. The zero-order valence-electron chi connectivity index (χ0n) is 14.6. The molecule has 0 amide bonds. The molecule has 5 atom stereocenters. The first-order chi connectivity index (χ1) is 11.0. The van der Waals surface area contributed by atoms with Crippen LogP contribution in [0.5, 0.6) is 0 Å². The Morgan fingerprint density at radius 1 is 1.22 bits per heavy atom. The molecule has 3 nitrogen and oxygen atoms in total. The Hall–Kier alpha value is -0.835. The Balaban J connectivity index is 1.59. The largest absolute Gasteiger partial charge is 0.493 e. The maximum atomic E-state index is 6.56. The highest BCUT2D eigenvalue weighted by Crippen LogP contribution is 2.66.